The van der Waals surface area contributed by atoms with Crippen LogP contribution in [0.5, 0.6) is 0 Å². The Labute approximate surface area is 71.9 Å². The van der Waals surface area contributed by atoms with Crippen LogP contribution in [0.25, 0.3) is 10.4 Å². The molecule has 0 amide bonds. The predicted octanol–water partition coefficient (Wildman–Crippen LogP) is 2.18. The van der Waals surface area contributed by atoms with Gasteiger partial charge in [-0.05, 0) is 27.9 Å². The highest BCUT2D eigenvalue weighted by Gasteiger charge is 2.17. The SMILES string of the molecule is [N-]=[N+]=NC(C(=O)O)c1ccsc1. The fraction of sp³-hybridized carbons (Fsp3) is 0.167. The average molecular weight is 183 g/mol. The summed E-state index contributed by atoms with van der Waals surface area (Å²) in [6.45, 7) is 0. The molecule has 62 valence electrons. The number of aliphatic carboxylic acids is 1. The minimum atomic E-state index is -1.13. The highest BCUT2D eigenvalue weighted by Crippen LogP contribution is 2.20. The highest BCUT2D eigenvalue weighted by molar-refractivity contribution is 7.08. The Bertz CT molecular complexity index is 314. The zero-order valence-electron chi connectivity index (χ0n) is 5.91. The van der Waals surface area contributed by atoms with Gasteiger partial charge in [-0.25, -0.2) is 0 Å². The molecule has 0 saturated heterocycles. The quantitative estimate of drug-likeness (QED) is 0.442. The molecule has 5 nitrogen and oxygen atoms in total. The highest BCUT2D eigenvalue weighted by atomic mass is 32.1. The molecule has 0 aliphatic rings. The lowest BCUT2D eigenvalue weighted by atomic mass is 10.2. The molecule has 1 aromatic rings. The third-order valence-electron chi connectivity index (χ3n) is 1.26. The molecule has 1 N–H and O–H groups in total. The Balaban J connectivity index is 2.95. The summed E-state index contributed by atoms with van der Waals surface area (Å²) in [4.78, 5) is 13.0. The first-order valence-corrected chi connectivity index (χ1v) is 3.99. The second-order valence-electron chi connectivity index (χ2n) is 2.00. The van der Waals surface area contributed by atoms with Crippen molar-refractivity contribution in [2.24, 2.45) is 5.11 Å². The molecule has 6 heteroatoms. The normalized spacial score (nSPS) is 11.7. The van der Waals surface area contributed by atoms with Crippen LogP contribution in [0.4, 0.5) is 0 Å². The first kappa shape index (κ1) is 8.58. The second-order valence-corrected chi connectivity index (χ2v) is 2.78. The molecule has 0 aliphatic heterocycles. The summed E-state index contributed by atoms with van der Waals surface area (Å²) >= 11 is 1.36. The van der Waals surface area contributed by atoms with E-state index in [4.69, 9.17) is 10.6 Å². The van der Waals surface area contributed by atoms with Crippen molar-refractivity contribution < 1.29 is 9.90 Å². The summed E-state index contributed by atoms with van der Waals surface area (Å²) in [5.74, 6) is -1.13. The van der Waals surface area contributed by atoms with Crippen molar-refractivity contribution in [3.05, 3.63) is 32.8 Å². The molecule has 0 fully saturated rings. The van der Waals surface area contributed by atoms with Crippen molar-refractivity contribution in [3.63, 3.8) is 0 Å². The molecule has 1 heterocycles. The van der Waals surface area contributed by atoms with Gasteiger partial charge in [0.1, 0.15) is 0 Å². The number of hydrogen-bond acceptors (Lipinski definition) is 3. The zero-order valence-corrected chi connectivity index (χ0v) is 6.73. The van der Waals surface area contributed by atoms with E-state index in [0.29, 0.717) is 5.56 Å². The van der Waals surface area contributed by atoms with E-state index >= 15 is 0 Å². The lowest BCUT2D eigenvalue weighted by Gasteiger charge is -2.00. The van der Waals surface area contributed by atoms with Gasteiger partial charge in [0, 0.05) is 4.91 Å². The summed E-state index contributed by atoms with van der Waals surface area (Å²) in [5.41, 5.74) is 8.60. The number of carboxylic acids is 1. The summed E-state index contributed by atoms with van der Waals surface area (Å²) in [7, 11) is 0. The summed E-state index contributed by atoms with van der Waals surface area (Å²) in [5, 5.41) is 15.2. The number of carboxylic acid groups (broad SMARTS) is 1. The van der Waals surface area contributed by atoms with Crippen LogP contribution in [0.15, 0.2) is 21.9 Å². The lowest BCUT2D eigenvalue weighted by Crippen LogP contribution is -2.06. The molecule has 0 bridgehead atoms. The van der Waals surface area contributed by atoms with E-state index in [2.05, 4.69) is 10.0 Å². The van der Waals surface area contributed by atoms with Gasteiger partial charge in [-0.2, -0.15) is 11.3 Å². The Hall–Kier alpha value is -1.52. The van der Waals surface area contributed by atoms with Crippen molar-refractivity contribution in [1.29, 1.82) is 0 Å². The first-order valence-electron chi connectivity index (χ1n) is 3.05. The van der Waals surface area contributed by atoms with E-state index < -0.39 is 12.0 Å². The van der Waals surface area contributed by atoms with Gasteiger partial charge in [-0.3, -0.25) is 4.79 Å². The fourth-order valence-corrected chi connectivity index (χ4v) is 1.42. The lowest BCUT2D eigenvalue weighted by molar-refractivity contribution is -0.138. The Morgan fingerprint density at radius 1 is 1.83 bits per heavy atom. The van der Waals surface area contributed by atoms with Gasteiger partial charge in [0.25, 0.3) is 0 Å². The summed E-state index contributed by atoms with van der Waals surface area (Å²) in [6.07, 6.45) is 0. The average Bonchev–Trinajstić information content (AvgIpc) is 2.51. The second kappa shape index (κ2) is 3.75. The number of azide groups is 1. The smallest absolute Gasteiger partial charge is 0.317 e. The molecular formula is C6H5N3O2S. The minimum Gasteiger partial charge on any atom is -0.481 e. The Morgan fingerprint density at radius 3 is 3.00 bits per heavy atom. The number of nitrogens with zero attached hydrogens (tertiary/aromatic N) is 3. The van der Waals surface area contributed by atoms with Gasteiger partial charge in [0.15, 0.2) is 6.04 Å². The molecule has 1 unspecified atom stereocenters. The maximum absolute atomic E-state index is 10.5. The van der Waals surface area contributed by atoms with Crippen LogP contribution in [-0.4, -0.2) is 11.1 Å². The van der Waals surface area contributed by atoms with Crippen molar-refractivity contribution in [2.75, 3.05) is 0 Å². The first-order chi connectivity index (χ1) is 5.75. The molecule has 1 rings (SSSR count). The Kier molecular flexibility index (Phi) is 2.68. The maximum atomic E-state index is 10.5. The topological polar surface area (TPSA) is 86.1 Å². The largest absolute Gasteiger partial charge is 0.481 e. The van der Waals surface area contributed by atoms with Crippen LogP contribution in [0.3, 0.4) is 0 Å². The fourth-order valence-electron chi connectivity index (χ4n) is 0.741. The minimum absolute atomic E-state index is 0.519. The zero-order chi connectivity index (χ0) is 8.97. The molecule has 0 saturated carbocycles. The molecule has 12 heavy (non-hydrogen) atoms. The summed E-state index contributed by atoms with van der Waals surface area (Å²) in [6, 6.07) is 0.527. The van der Waals surface area contributed by atoms with E-state index in [1.54, 1.807) is 16.8 Å². The standard InChI is InChI=1S/C6H5N3O2S/c7-9-8-5(6(10)11)4-1-2-12-3-4/h1-3,5H,(H,10,11). The van der Waals surface area contributed by atoms with Gasteiger partial charge in [0.2, 0.25) is 0 Å². The molecule has 1 aromatic heterocycles. The van der Waals surface area contributed by atoms with Gasteiger partial charge >= 0.3 is 5.97 Å². The molecule has 0 spiro atoms. The monoisotopic (exact) mass is 183 g/mol. The van der Waals surface area contributed by atoms with Gasteiger partial charge in [0.05, 0.1) is 0 Å². The summed E-state index contributed by atoms with van der Waals surface area (Å²) < 4.78 is 0. The molecule has 0 radical (unpaired) electrons. The van der Waals surface area contributed by atoms with Crippen molar-refractivity contribution in [2.45, 2.75) is 6.04 Å². The van der Waals surface area contributed by atoms with Crippen molar-refractivity contribution in [1.82, 2.24) is 0 Å². The third-order valence-corrected chi connectivity index (χ3v) is 1.96. The van der Waals surface area contributed by atoms with E-state index in [-0.39, 0.29) is 0 Å². The van der Waals surface area contributed by atoms with Crippen LogP contribution in [0.1, 0.15) is 11.6 Å². The van der Waals surface area contributed by atoms with Crippen molar-refractivity contribution >= 4 is 17.3 Å². The third kappa shape index (κ3) is 1.75. The predicted molar refractivity (Wildman–Crippen MR) is 43.8 cm³/mol. The van der Waals surface area contributed by atoms with Crippen LogP contribution in [-0.2, 0) is 4.79 Å². The van der Waals surface area contributed by atoms with E-state index in [0.717, 1.165) is 0 Å². The number of thiophene rings is 1. The number of rotatable bonds is 3. The molecular weight excluding hydrogens is 178 g/mol. The van der Waals surface area contributed by atoms with E-state index in [1.165, 1.54) is 11.3 Å². The van der Waals surface area contributed by atoms with Crippen molar-refractivity contribution in [3.8, 4) is 0 Å². The molecule has 0 aliphatic carbocycles. The van der Waals surface area contributed by atoms with Gasteiger partial charge in [-0.1, -0.05) is 5.11 Å². The van der Waals surface area contributed by atoms with E-state index in [9.17, 15) is 4.79 Å². The number of carbonyl (C=O) groups is 1. The Morgan fingerprint density at radius 2 is 2.58 bits per heavy atom. The van der Waals surface area contributed by atoms with Crippen LogP contribution in [0.2, 0.25) is 0 Å². The van der Waals surface area contributed by atoms with E-state index in [1.807, 2.05) is 0 Å². The van der Waals surface area contributed by atoms with Crippen LogP contribution < -0.4 is 0 Å². The molecule has 0 aromatic carbocycles. The number of hydrogen-bond donors (Lipinski definition) is 1. The van der Waals surface area contributed by atoms with Crippen LogP contribution in [0, 0.1) is 0 Å². The van der Waals surface area contributed by atoms with Gasteiger partial charge in [-0.15, -0.1) is 0 Å². The van der Waals surface area contributed by atoms with Gasteiger partial charge < -0.3 is 5.11 Å². The maximum Gasteiger partial charge on any atom is 0.317 e. The molecule has 1 atom stereocenters. The van der Waals surface area contributed by atoms with Crippen LogP contribution >= 0.6 is 11.3 Å².